The molecule has 0 spiro atoms. The summed E-state index contributed by atoms with van der Waals surface area (Å²) in [7, 11) is 0. The standard InChI is InChI=1S/C12H11NO2/c1-2-3-8-15-12(14)11-6-4-10(9-13)5-7-11/h2,4-7H,1,3,8H2. The molecular formula is C12H11NO2. The summed E-state index contributed by atoms with van der Waals surface area (Å²) in [6.07, 6.45) is 2.33. The Hall–Kier alpha value is -2.08. The molecule has 0 saturated carbocycles. The molecule has 0 heterocycles. The molecule has 1 rings (SSSR count). The van der Waals surface area contributed by atoms with E-state index >= 15 is 0 Å². The summed E-state index contributed by atoms with van der Waals surface area (Å²) in [5, 5.41) is 8.56. The van der Waals surface area contributed by atoms with Gasteiger partial charge in [-0.05, 0) is 30.7 Å². The molecule has 0 fully saturated rings. The summed E-state index contributed by atoms with van der Waals surface area (Å²) in [6.45, 7) is 3.86. The van der Waals surface area contributed by atoms with E-state index in [1.165, 1.54) is 0 Å². The van der Waals surface area contributed by atoms with Crippen LogP contribution in [0.3, 0.4) is 0 Å². The van der Waals surface area contributed by atoms with Gasteiger partial charge in [-0.15, -0.1) is 6.58 Å². The summed E-state index contributed by atoms with van der Waals surface area (Å²) in [5.41, 5.74) is 0.982. The first kappa shape index (κ1) is 11.0. The van der Waals surface area contributed by atoms with Gasteiger partial charge in [-0.3, -0.25) is 0 Å². The molecule has 0 aliphatic heterocycles. The van der Waals surface area contributed by atoms with Gasteiger partial charge in [0.2, 0.25) is 0 Å². The van der Waals surface area contributed by atoms with Crippen LogP contribution in [-0.4, -0.2) is 12.6 Å². The van der Waals surface area contributed by atoms with Crippen LogP contribution in [-0.2, 0) is 4.74 Å². The van der Waals surface area contributed by atoms with Gasteiger partial charge in [-0.2, -0.15) is 5.26 Å². The van der Waals surface area contributed by atoms with Crippen molar-refractivity contribution >= 4 is 5.97 Å². The van der Waals surface area contributed by atoms with Crippen molar-refractivity contribution in [3.05, 3.63) is 48.0 Å². The summed E-state index contributed by atoms with van der Waals surface area (Å²) in [4.78, 5) is 11.4. The third kappa shape index (κ3) is 3.28. The highest BCUT2D eigenvalue weighted by molar-refractivity contribution is 5.89. The fourth-order valence-electron chi connectivity index (χ4n) is 0.999. The Morgan fingerprint density at radius 3 is 2.67 bits per heavy atom. The van der Waals surface area contributed by atoms with E-state index in [4.69, 9.17) is 10.00 Å². The van der Waals surface area contributed by atoms with Crippen molar-refractivity contribution < 1.29 is 9.53 Å². The van der Waals surface area contributed by atoms with Crippen LogP contribution in [0.5, 0.6) is 0 Å². The third-order valence-electron chi connectivity index (χ3n) is 1.80. The number of hydrogen-bond donors (Lipinski definition) is 0. The van der Waals surface area contributed by atoms with E-state index in [0.29, 0.717) is 24.2 Å². The van der Waals surface area contributed by atoms with Gasteiger partial charge in [-0.25, -0.2) is 4.79 Å². The lowest BCUT2D eigenvalue weighted by molar-refractivity contribution is 0.0512. The van der Waals surface area contributed by atoms with E-state index in [-0.39, 0.29) is 5.97 Å². The largest absolute Gasteiger partial charge is 0.462 e. The van der Waals surface area contributed by atoms with E-state index in [1.807, 2.05) is 6.07 Å². The Morgan fingerprint density at radius 1 is 1.47 bits per heavy atom. The number of carbonyl (C=O) groups is 1. The van der Waals surface area contributed by atoms with E-state index in [1.54, 1.807) is 30.3 Å². The van der Waals surface area contributed by atoms with Crippen molar-refractivity contribution in [3.63, 3.8) is 0 Å². The Morgan fingerprint density at radius 2 is 2.13 bits per heavy atom. The van der Waals surface area contributed by atoms with Crippen molar-refractivity contribution in [2.45, 2.75) is 6.42 Å². The number of nitrogens with zero attached hydrogens (tertiary/aromatic N) is 1. The highest BCUT2D eigenvalue weighted by Crippen LogP contribution is 2.05. The first-order chi connectivity index (χ1) is 7.27. The van der Waals surface area contributed by atoms with Crippen LogP contribution < -0.4 is 0 Å². The number of rotatable bonds is 4. The molecule has 0 N–H and O–H groups in total. The maximum Gasteiger partial charge on any atom is 0.338 e. The molecule has 1 aromatic carbocycles. The highest BCUT2D eigenvalue weighted by Gasteiger charge is 2.05. The highest BCUT2D eigenvalue weighted by atomic mass is 16.5. The maximum absolute atomic E-state index is 11.4. The lowest BCUT2D eigenvalue weighted by atomic mass is 10.1. The minimum Gasteiger partial charge on any atom is -0.462 e. The maximum atomic E-state index is 11.4. The predicted molar refractivity (Wildman–Crippen MR) is 56.3 cm³/mol. The van der Waals surface area contributed by atoms with Crippen molar-refractivity contribution in [2.75, 3.05) is 6.61 Å². The lowest BCUT2D eigenvalue weighted by Gasteiger charge is -2.02. The number of esters is 1. The van der Waals surface area contributed by atoms with E-state index < -0.39 is 0 Å². The zero-order valence-electron chi connectivity index (χ0n) is 8.27. The molecule has 0 unspecified atom stereocenters. The second-order valence-electron chi connectivity index (χ2n) is 2.90. The van der Waals surface area contributed by atoms with Gasteiger partial charge >= 0.3 is 5.97 Å². The fourth-order valence-corrected chi connectivity index (χ4v) is 0.999. The first-order valence-corrected chi connectivity index (χ1v) is 4.56. The monoisotopic (exact) mass is 201 g/mol. The smallest absolute Gasteiger partial charge is 0.338 e. The van der Waals surface area contributed by atoms with Gasteiger partial charge in [0.05, 0.1) is 23.8 Å². The Bertz CT molecular complexity index is 387. The normalized spacial score (nSPS) is 9.00. The molecule has 0 aliphatic rings. The minimum absolute atomic E-state index is 0.336. The zero-order valence-corrected chi connectivity index (χ0v) is 8.27. The molecule has 15 heavy (non-hydrogen) atoms. The van der Waals surface area contributed by atoms with Gasteiger partial charge in [0, 0.05) is 0 Å². The quantitative estimate of drug-likeness (QED) is 0.426. The molecule has 0 amide bonds. The molecule has 1 aromatic rings. The van der Waals surface area contributed by atoms with Crippen molar-refractivity contribution in [3.8, 4) is 6.07 Å². The summed E-state index contributed by atoms with van der Waals surface area (Å²) in [6, 6.07) is 8.31. The lowest BCUT2D eigenvalue weighted by Crippen LogP contribution is -2.05. The van der Waals surface area contributed by atoms with Crippen LogP contribution in [0.2, 0.25) is 0 Å². The third-order valence-corrected chi connectivity index (χ3v) is 1.80. The van der Waals surface area contributed by atoms with E-state index in [0.717, 1.165) is 0 Å². The molecule has 76 valence electrons. The van der Waals surface area contributed by atoms with E-state index in [2.05, 4.69) is 6.58 Å². The molecule has 0 radical (unpaired) electrons. The number of hydrogen-bond acceptors (Lipinski definition) is 3. The minimum atomic E-state index is -0.374. The fraction of sp³-hybridized carbons (Fsp3) is 0.167. The van der Waals surface area contributed by atoms with Gasteiger partial charge in [-0.1, -0.05) is 6.08 Å². The zero-order chi connectivity index (χ0) is 11.1. The number of benzene rings is 1. The van der Waals surface area contributed by atoms with E-state index in [9.17, 15) is 4.79 Å². The number of nitriles is 1. The van der Waals surface area contributed by atoms with Gasteiger partial charge < -0.3 is 4.74 Å². The Labute approximate surface area is 88.6 Å². The van der Waals surface area contributed by atoms with Crippen LogP contribution in [0.1, 0.15) is 22.3 Å². The summed E-state index contributed by atoms with van der Waals surface area (Å²) in [5.74, 6) is -0.374. The van der Waals surface area contributed by atoms with Crippen LogP contribution in [0.4, 0.5) is 0 Å². The molecule has 0 aromatic heterocycles. The van der Waals surface area contributed by atoms with Gasteiger partial charge in [0.25, 0.3) is 0 Å². The Balaban J connectivity index is 2.59. The molecule has 0 aliphatic carbocycles. The predicted octanol–water partition coefficient (Wildman–Crippen LogP) is 2.29. The second-order valence-corrected chi connectivity index (χ2v) is 2.90. The molecule has 0 atom stereocenters. The van der Waals surface area contributed by atoms with Crippen molar-refractivity contribution in [2.24, 2.45) is 0 Å². The van der Waals surface area contributed by atoms with Crippen molar-refractivity contribution in [1.29, 1.82) is 5.26 Å². The second kappa shape index (κ2) is 5.61. The van der Waals surface area contributed by atoms with Gasteiger partial charge in [0.1, 0.15) is 0 Å². The van der Waals surface area contributed by atoms with Gasteiger partial charge in [0.15, 0.2) is 0 Å². The SMILES string of the molecule is C=CCCOC(=O)c1ccc(C#N)cc1. The first-order valence-electron chi connectivity index (χ1n) is 4.56. The summed E-state index contributed by atoms with van der Waals surface area (Å²) < 4.78 is 4.95. The molecule has 3 nitrogen and oxygen atoms in total. The van der Waals surface area contributed by atoms with Crippen LogP contribution in [0.25, 0.3) is 0 Å². The van der Waals surface area contributed by atoms with Crippen LogP contribution in [0, 0.1) is 11.3 Å². The number of ether oxygens (including phenoxy) is 1. The molecule has 3 heteroatoms. The Kier molecular flexibility index (Phi) is 4.11. The summed E-state index contributed by atoms with van der Waals surface area (Å²) >= 11 is 0. The molecule has 0 saturated heterocycles. The van der Waals surface area contributed by atoms with Crippen LogP contribution >= 0.6 is 0 Å². The molecular weight excluding hydrogens is 190 g/mol. The molecule has 0 bridgehead atoms. The topological polar surface area (TPSA) is 50.1 Å². The average molecular weight is 201 g/mol. The number of carbonyl (C=O) groups excluding carboxylic acids is 1. The average Bonchev–Trinajstić information content (AvgIpc) is 2.29. The van der Waals surface area contributed by atoms with Crippen molar-refractivity contribution in [1.82, 2.24) is 0 Å². The van der Waals surface area contributed by atoms with Crippen LogP contribution in [0.15, 0.2) is 36.9 Å².